The molecular weight excluding hydrogens is 168 g/mol. The van der Waals surface area contributed by atoms with E-state index in [-0.39, 0.29) is 10.2 Å². The van der Waals surface area contributed by atoms with Gasteiger partial charge in [0.1, 0.15) is 0 Å². The van der Waals surface area contributed by atoms with Crippen molar-refractivity contribution >= 4 is 35.5 Å². The zero-order chi connectivity index (χ0) is 7.98. The van der Waals surface area contributed by atoms with Gasteiger partial charge >= 0.3 is 0 Å². The molecule has 0 atom stereocenters. The van der Waals surface area contributed by atoms with E-state index in [2.05, 4.69) is 25.3 Å². The molecule has 0 rings (SSSR count). The molecule has 0 aromatic heterocycles. The third-order valence-corrected chi connectivity index (χ3v) is 1.48. The van der Waals surface area contributed by atoms with Gasteiger partial charge in [-0.05, 0) is 12.8 Å². The smallest absolute Gasteiger partial charge is 0.185 e. The van der Waals surface area contributed by atoms with Crippen molar-refractivity contribution in [3.63, 3.8) is 0 Å². The highest BCUT2D eigenvalue weighted by Gasteiger charge is 1.96. The van der Waals surface area contributed by atoms with Crippen molar-refractivity contribution in [2.24, 2.45) is 0 Å². The summed E-state index contributed by atoms with van der Waals surface area (Å²) in [6, 6.07) is 0. The molecule has 0 N–H and O–H groups in total. The Morgan fingerprint density at radius 2 is 1.20 bits per heavy atom. The Kier molecular flexibility index (Phi) is 5.82. The minimum Gasteiger partial charge on any atom is -0.288 e. The van der Waals surface area contributed by atoms with Crippen LogP contribution in [0.25, 0.3) is 0 Å². The first-order valence-electron chi connectivity index (χ1n) is 3.06. The first-order chi connectivity index (χ1) is 4.63. The van der Waals surface area contributed by atoms with E-state index >= 15 is 0 Å². The fourth-order valence-corrected chi connectivity index (χ4v) is 0.869. The standard InChI is InChI=1S/C6H10O2S2/c7-5(9)3-1-2-4-6(8)10/h1-4H2,(H,7,9)(H,8,10). The lowest BCUT2D eigenvalue weighted by atomic mass is 10.2. The second kappa shape index (κ2) is 5.80. The van der Waals surface area contributed by atoms with Gasteiger partial charge in [-0.25, -0.2) is 0 Å². The quantitative estimate of drug-likeness (QED) is 0.493. The summed E-state index contributed by atoms with van der Waals surface area (Å²) in [7, 11) is 0. The van der Waals surface area contributed by atoms with E-state index in [0.29, 0.717) is 12.8 Å². The molecule has 0 saturated heterocycles. The van der Waals surface area contributed by atoms with Crippen LogP contribution >= 0.6 is 25.3 Å². The van der Waals surface area contributed by atoms with Crippen molar-refractivity contribution in [3.8, 4) is 0 Å². The number of rotatable bonds is 5. The summed E-state index contributed by atoms with van der Waals surface area (Å²) < 4.78 is 0. The van der Waals surface area contributed by atoms with E-state index in [0.717, 1.165) is 12.8 Å². The normalized spacial score (nSPS) is 9.40. The lowest BCUT2D eigenvalue weighted by molar-refractivity contribution is -0.112. The Hall–Kier alpha value is 0.0400. The number of hydrogen-bond acceptors (Lipinski definition) is 2. The Balaban J connectivity index is 3.06. The number of thiol groups is 2. The Labute approximate surface area is 71.2 Å². The molecule has 2 nitrogen and oxygen atoms in total. The maximum atomic E-state index is 10.2. The van der Waals surface area contributed by atoms with Crippen molar-refractivity contribution < 1.29 is 9.59 Å². The van der Waals surface area contributed by atoms with Gasteiger partial charge in [-0.1, -0.05) is 0 Å². The molecule has 0 saturated carbocycles. The maximum Gasteiger partial charge on any atom is 0.185 e. The summed E-state index contributed by atoms with van der Waals surface area (Å²) >= 11 is 7.16. The average molecular weight is 178 g/mol. The van der Waals surface area contributed by atoms with Crippen LogP contribution in [0.2, 0.25) is 0 Å². The van der Waals surface area contributed by atoms with Crippen LogP contribution in [0.3, 0.4) is 0 Å². The minimum atomic E-state index is -0.119. The van der Waals surface area contributed by atoms with Gasteiger partial charge in [-0.2, -0.15) is 0 Å². The van der Waals surface area contributed by atoms with Gasteiger partial charge in [0.2, 0.25) is 0 Å². The van der Waals surface area contributed by atoms with Gasteiger partial charge in [0.15, 0.2) is 10.2 Å². The molecule has 0 bridgehead atoms. The molecule has 0 aliphatic heterocycles. The van der Waals surface area contributed by atoms with Crippen LogP contribution in [0.1, 0.15) is 25.7 Å². The van der Waals surface area contributed by atoms with Crippen LogP contribution < -0.4 is 0 Å². The van der Waals surface area contributed by atoms with Crippen molar-refractivity contribution in [2.45, 2.75) is 25.7 Å². The van der Waals surface area contributed by atoms with E-state index in [1.165, 1.54) is 0 Å². The van der Waals surface area contributed by atoms with Gasteiger partial charge in [0.05, 0.1) is 0 Å². The van der Waals surface area contributed by atoms with Gasteiger partial charge < -0.3 is 0 Å². The van der Waals surface area contributed by atoms with Gasteiger partial charge in [-0.3, -0.25) is 9.59 Å². The minimum absolute atomic E-state index is 0.119. The van der Waals surface area contributed by atoms with Crippen LogP contribution in [-0.2, 0) is 9.59 Å². The number of hydrogen-bond donors (Lipinski definition) is 2. The molecule has 0 aromatic carbocycles. The highest BCUT2D eigenvalue weighted by molar-refractivity contribution is 7.96. The molecule has 0 spiro atoms. The molecule has 0 unspecified atom stereocenters. The monoisotopic (exact) mass is 178 g/mol. The zero-order valence-electron chi connectivity index (χ0n) is 5.54. The number of unbranched alkanes of at least 4 members (excludes halogenated alkanes) is 1. The average Bonchev–Trinajstić information content (AvgIpc) is 1.79. The largest absolute Gasteiger partial charge is 0.288 e. The molecule has 0 aliphatic carbocycles. The summed E-state index contributed by atoms with van der Waals surface area (Å²) in [6.45, 7) is 0. The van der Waals surface area contributed by atoms with Crippen LogP contribution in [-0.4, -0.2) is 10.2 Å². The summed E-state index contributed by atoms with van der Waals surface area (Å²) in [5.41, 5.74) is 0. The van der Waals surface area contributed by atoms with Crippen LogP contribution in [0.15, 0.2) is 0 Å². The molecular formula is C6H10O2S2. The van der Waals surface area contributed by atoms with Crippen LogP contribution in [0.5, 0.6) is 0 Å². The molecule has 0 radical (unpaired) electrons. The zero-order valence-corrected chi connectivity index (χ0v) is 7.33. The van der Waals surface area contributed by atoms with Crippen LogP contribution in [0, 0.1) is 0 Å². The van der Waals surface area contributed by atoms with Gasteiger partial charge in [0.25, 0.3) is 0 Å². The first-order valence-corrected chi connectivity index (χ1v) is 3.96. The molecule has 10 heavy (non-hydrogen) atoms. The fourth-order valence-electron chi connectivity index (χ4n) is 0.552. The van der Waals surface area contributed by atoms with Crippen LogP contribution in [0.4, 0.5) is 0 Å². The summed E-state index contributed by atoms with van der Waals surface area (Å²) in [4.78, 5) is 20.5. The second-order valence-corrected chi connectivity index (χ2v) is 2.99. The van der Waals surface area contributed by atoms with Crippen molar-refractivity contribution in [1.82, 2.24) is 0 Å². The highest BCUT2D eigenvalue weighted by atomic mass is 32.1. The van der Waals surface area contributed by atoms with E-state index < -0.39 is 0 Å². The Morgan fingerprint density at radius 1 is 0.900 bits per heavy atom. The van der Waals surface area contributed by atoms with Gasteiger partial charge in [0, 0.05) is 12.8 Å². The van der Waals surface area contributed by atoms with Gasteiger partial charge in [-0.15, -0.1) is 25.3 Å². The van der Waals surface area contributed by atoms with E-state index in [9.17, 15) is 9.59 Å². The van der Waals surface area contributed by atoms with Crippen molar-refractivity contribution in [1.29, 1.82) is 0 Å². The van der Waals surface area contributed by atoms with E-state index in [1.54, 1.807) is 0 Å². The Bertz CT molecular complexity index is 118. The predicted octanol–water partition coefficient (Wildman–Crippen LogP) is 1.46. The lowest BCUT2D eigenvalue weighted by Gasteiger charge is -1.92. The summed E-state index contributed by atoms with van der Waals surface area (Å²) in [5, 5.41) is -0.238. The molecule has 0 aliphatic rings. The van der Waals surface area contributed by atoms with Crippen molar-refractivity contribution in [3.05, 3.63) is 0 Å². The lowest BCUT2D eigenvalue weighted by Crippen LogP contribution is -1.89. The predicted molar refractivity (Wildman–Crippen MR) is 46.5 cm³/mol. The molecule has 0 heterocycles. The topological polar surface area (TPSA) is 34.1 Å². The summed E-state index contributed by atoms with van der Waals surface area (Å²) in [5.74, 6) is 0. The molecule has 4 heteroatoms. The molecule has 0 aromatic rings. The van der Waals surface area contributed by atoms with E-state index in [4.69, 9.17) is 0 Å². The second-order valence-electron chi connectivity index (χ2n) is 1.99. The fraction of sp³-hybridized carbons (Fsp3) is 0.667. The third kappa shape index (κ3) is 8.04. The number of carbonyl (C=O) groups is 2. The SMILES string of the molecule is O=C(S)CCCCC(=O)S. The summed E-state index contributed by atoms with van der Waals surface area (Å²) in [6.07, 6.45) is 2.36. The maximum absolute atomic E-state index is 10.2. The molecule has 0 fully saturated rings. The van der Waals surface area contributed by atoms with E-state index in [1.807, 2.05) is 0 Å². The number of carbonyl (C=O) groups excluding carboxylic acids is 2. The molecule has 58 valence electrons. The molecule has 0 amide bonds. The highest BCUT2D eigenvalue weighted by Crippen LogP contribution is 2.03. The van der Waals surface area contributed by atoms with Crippen molar-refractivity contribution in [2.75, 3.05) is 0 Å². The Morgan fingerprint density at radius 3 is 1.40 bits per heavy atom. The third-order valence-electron chi connectivity index (χ3n) is 1.03. The first kappa shape index (κ1) is 10.0.